The number of allylic oxidation sites excluding steroid dienone is 1. The first-order valence-corrected chi connectivity index (χ1v) is 7.00. The smallest absolute Gasteiger partial charge is 0.387 e. The van der Waals surface area contributed by atoms with Gasteiger partial charge >= 0.3 is 6.61 Å². The average Bonchev–Trinajstić information content (AvgIpc) is 2.53. The van der Waals surface area contributed by atoms with E-state index in [9.17, 15) is 13.6 Å². The predicted molar refractivity (Wildman–Crippen MR) is 87.2 cm³/mol. The summed E-state index contributed by atoms with van der Waals surface area (Å²) in [5.74, 6) is -0.0361. The summed E-state index contributed by atoms with van der Waals surface area (Å²) in [7, 11) is 3.86. The summed E-state index contributed by atoms with van der Waals surface area (Å²) in [6.07, 6.45) is 3.09. The van der Waals surface area contributed by atoms with E-state index in [2.05, 4.69) is 4.74 Å². The lowest BCUT2D eigenvalue weighted by Gasteiger charge is -2.11. The second-order valence-electron chi connectivity index (χ2n) is 5.09. The van der Waals surface area contributed by atoms with Crippen molar-refractivity contribution in [2.45, 2.75) is 6.61 Å². The molecule has 0 heterocycles. The van der Waals surface area contributed by atoms with Crippen molar-refractivity contribution in [2.24, 2.45) is 0 Å². The van der Waals surface area contributed by atoms with Crippen LogP contribution in [0.2, 0.25) is 0 Å². The van der Waals surface area contributed by atoms with Crippen LogP contribution in [-0.4, -0.2) is 26.5 Å². The molecule has 120 valence electrons. The van der Waals surface area contributed by atoms with Crippen molar-refractivity contribution < 1.29 is 18.3 Å². The second-order valence-corrected chi connectivity index (χ2v) is 5.09. The Morgan fingerprint density at radius 2 is 1.65 bits per heavy atom. The monoisotopic (exact) mass is 317 g/mol. The molecule has 0 bridgehead atoms. The van der Waals surface area contributed by atoms with Crippen molar-refractivity contribution in [3.8, 4) is 5.75 Å². The van der Waals surface area contributed by atoms with Gasteiger partial charge in [0.25, 0.3) is 0 Å². The number of alkyl halides is 2. The molecule has 0 radical (unpaired) electrons. The van der Waals surface area contributed by atoms with Gasteiger partial charge in [-0.05, 0) is 48.0 Å². The zero-order valence-corrected chi connectivity index (χ0v) is 12.9. The molecule has 5 heteroatoms. The van der Waals surface area contributed by atoms with Crippen LogP contribution in [0.3, 0.4) is 0 Å². The van der Waals surface area contributed by atoms with Gasteiger partial charge < -0.3 is 9.64 Å². The Morgan fingerprint density at radius 3 is 2.17 bits per heavy atom. The number of carbonyl (C=O) groups excluding carboxylic acids is 1. The van der Waals surface area contributed by atoms with Gasteiger partial charge in [-0.1, -0.05) is 18.2 Å². The van der Waals surface area contributed by atoms with Crippen molar-refractivity contribution in [3.63, 3.8) is 0 Å². The molecule has 0 spiro atoms. The van der Waals surface area contributed by atoms with Crippen LogP contribution in [0.4, 0.5) is 14.5 Å². The van der Waals surface area contributed by atoms with Crippen LogP contribution >= 0.6 is 0 Å². The first-order chi connectivity index (χ1) is 11.0. The molecule has 2 rings (SSSR count). The molecule has 0 N–H and O–H groups in total. The number of nitrogens with zero attached hydrogens (tertiary/aromatic N) is 1. The normalized spacial score (nSPS) is 11.0. The Bertz CT molecular complexity index is 677. The van der Waals surface area contributed by atoms with Gasteiger partial charge in [-0.2, -0.15) is 8.78 Å². The number of anilines is 1. The maximum Gasteiger partial charge on any atom is 0.387 e. The number of hydrogen-bond donors (Lipinski definition) is 0. The molecule has 2 aromatic carbocycles. The second kappa shape index (κ2) is 7.54. The first-order valence-electron chi connectivity index (χ1n) is 7.00. The minimum Gasteiger partial charge on any atom is -0.435 e. The molecule has 0 saturated carbocycles. The molecular weight excluding hydrogens is 300 g/mol. The van der Waals surface area contributed by atoms with Crippen LogP contribution < -0.4 is 9.64 Å². The van der Waals surface area contributed by atoms with E-state index in [0.29, 0.717) is 5.56 Å². The molecule has 0 atom stereocenters. The van der Waals surface area contributed by atoms with E-state index >= 15 is 0 Å². The summed E-state index contributed by atoms with van der Waals surface area (Å²) in [5, 5.41) is 0. The lowest BCUT2D eigenvalue weighted by molar-refractivity contribution is -0.0498. The average molecular weight is 317 g/mol. The molecule has 0 aromatic heterocycles. The number of ether oxygens (including phenoxy) is 1. The summed E-state index contributed by atoms with van der Waals surface area (Å²) in [5.41, 5.74) is 2.33. The Labute approximate surface area is 133 Å². The summed E-state index contributed by atoms with van der Waals surface area (Å²) in [4.78, 5) is 14.0. The summed E-state index contributed by atoms with van der Waals surface area (Å²) in [6.45, 7) is -2.84. The highest BCUT2D eigenvalue weighted by Gasteiger charge is 2.04. The minimum atomic E-state index is -2.84. The molecule has 0 aliphatic heterocycles. The van der Waals surface area contributed by atoms with Crippen LogP contribution in [0.5, 0.6) is 5.75 Å². The fraction of sp³-hybridized carbons (Fsp3) is 0.167. The predicted octanol–water partition coefficient (Wildman–Crippen LogP) is 4.25. The van der Waals surface area contributed by atoms with Crippen LogP contribution in [0.25, 0.3) is 6.08 Å². The van der Waals surface area contributed by atoms with Crippen LogP contribution in [0.15, 0.2) is 54.6 Å². The topological polar surface area (TPSA) is 29.5 Å². The third kappa shape index (κ3) is 4.92. The third-order valence-corrected chi connectivity index (χ3v) is 3.20. The number of ketones is 1. The molecule has 0 aliphatic rings. The molecule has 0 unspecified atom stereocenters. The molecular formula is C18H17F2NO2. The first kappa shape index (κ1) is 16.7. The van der Waals surface area contributed by atoms with Gasteiger partial charge in [0.1, 0.15) is 5.75 Å². The molecule has 0 aliphatic carbocycles. The number of rotatable bonds is 6. The molecule has 0 fully saturated rings. The van der Waals surface area contributed by atoms with Gasteiger partial charge in [0.05, 0.1) is 0 Å². The van der Waals surface area contributed by atoms with E-state index in [1.165, 1.54) is 18.2 Å². The zero-order valence-electron chi connectivity index (χ0n) is 12.9. The molecule has 0 amide bonds. The molecule has 2 aromatic rings. The van der Waals surface area contributed by atoms with E-state index in [4.69, 9.17) is 0 Å². The molecule has 0 saturated heterocycles. The third-order valence-electron chi connectivity index (χ3n) is 3.20. The van der Waals surface area contributed by atoms with Gasteiger partial charge in [0.15, 0.2) is 5.78 Å². The highest BCUT2D eigenvalue weighted by Crippen LogP contribution is 2.16. The largest absolute Gasteiger partial charge is 0.435 e. The van der Waals surface area contributed by atoms with E-state index in [1.807, 2.05) is 31.1 Å². The fourth-order valence-corrected chi connectivity index (χ4v) is 1.95. The van der Waals surface area contributed by atoms with Crippen molar-refractivity contribution in [1.29, 1.82) is 0 Å². The minimum absolute atomic E-state index is 0.0859. The summed E-state index contributed by atoms with van der Waals surface area (Å²) < 4.78 is 28.4. The van der Waals surface area contributed by atoms with Crippen molar-refractivity contribution in [1.82, 2.24) is 0 Å². The van der Waals surface area contributed by atoms with E-state index in [1.54, 1.807) is 30.3 Å². The maximum absolute atomic E-state index is 12.1. The Kier molecular flexibility index (Phi) is 5.46. The van der Waals surface area contributed by atoms with E-state index < -0.39 is 6.61 Å². The van der Waals surface area contributed by atoms with Crippen LogP contribution in [-0.2, 0) is 0 Å². The van der Waals surface area contributed by atoms with Gasteiger partial charge in [-0.25, -0.2) is 0 Å². The van der Waals surface area contributed by atoms with Gasteiger partial charge in [0, 0.05) is 25.3 Å². The van der Waals surface area contributed by atoms with E-state index in [0.717, 1.165) is 11.3 Å². The van der Waals surface area contributed by atoms with Crippen molar-refractivity contribution >= 4 is 17.5 Å². The lowest BCUT2D eigenvalue weighted by atomic mass is 10.1. The van der Waals surface area contributed by atoms with Gasteiger partial charge in [0.2, 0.25) is 0 Å². The number of benzene rings is 2. The summed E-state index contributed by atoms with van der Waals surface area (Å²) >= 11 is 0. The number of halogens is 2. The van der Waals surface area contributed by atoms with Crippen molar-refractivity contribution in [3.05, 3.63) is 65.7 Å². The Morgan fingerprint density at radius 1 is 1.04 bits per heavy atom. The standard InChI is InChI=1S/C18H17F2NO2/c1-21(2)15-8-6-14(7-9-15)17(22)12-5-13-3-10-16(11-4-13)23-18(19)20/h3-12,18H,1-2H3/b12-5+. The Balaban J connectivity index is 2.02. The highest BCUT2D eigenvalue weighted by molar-refractivity contribution is 6.06. The summed E-state index contributed by atoms with van der Waals surface area (Å²) in [6, 6.07) is 13.4. The highest BCUT2D eigenvalue weighted by atomic mass is 19.3. The quantitative estimate of drug-likeness (QED) is 0.589. The lowest BCUT2D eigenvalue weighted by Crippen LogP contribution is -2.08. The molecule has 23 heavy (non-hydrogen) atoms. The van der Waals surface area contributed by atoms with E-state index in [-0.39, 0.29) is 11.5 Å². The maximum atomic E-state index is 12.1. The van der Waals surface area contributed by atoms with Crippen molar-refractivity contribution in [2.75, 3.05) is 19.0 Å². The number of carbonyl (C=O) groups is 1. The zero-order chi connectivity index (χ0) is 16.8. The van der Waals surface area contributed by atoms with Gasteiger partial charge in [-0.15, -0.1) is 0 Å². The molecule has 3 nitrogen and oxygen atoms in total. The SMILES string of the molecule is CN(C)c1ccc(C(=O)/C=C/c2ccc(OC(F)F)cc2)cc1. The number of hydrogen-bond acceptors (Lipinski definition) is 3. The fourth-order valence-electron chi connectivity index (χ4n) is 1.95. The Hall–Kier alpha value is -2.69. The van der Waals surface area contributed by atoms with Crippen LogP contribution in [0.1, 0.15) is 15.9 Å². The van der Waals surface area contributed by atoms with Gasteiger partial charge in [-0.3, -0.25) is 4.79 Å². The van der Waals surface area contributed by atoms with Crippen LogP contribution in [0, 0.1) is 0 Å².